The second kappa shape index (κ2) is 12.1. The summed E-state index contributed by atoms with van der Waals surface area (Å²) in [6.07, 6.45) is 3.00. The van der Waals surface area contributed by atoms with Gasteiger partial charge in [0.05, 0.1) is 31.2 Å². The predicted octanol–water partition coefficient (Wildman–Crippen LogP) is 5.18. The molecule has 41 heavy (non-hydrogen) atoms. The lowest BCUT2D eigenvalue weighted by Gasteiger charge is -2.30. The summed E-state index contributed by atoms with van der Waals surface area (Å²) in [5.74, 6) is -2.41. The molecule has 2 heterocycles. The second-order valence-corrected chi connectivity index (χ2v) is 11.6. The molecule has 5 rings (SSSR count). The Bertz CT molecular complexity index is 1410. The maximum absolute atomic E-state index is 13.9. The van der Waals surface area contributed by atoms with E-state index in [1.807, 2.05) is 18.2 Å². The molecule has 0 spiro atoms. The minimum atomic E-state index is -1.37. The average molecular weight is 586 g/mol. The van der Waals surface area contributed by atoms with Crippen molar-refractivity contribution in [2.75, 3.05) is 45.3 Å². The predicted molar refractivity (Wildman–Crippen MR) is 152 cm³/mol. The van der Waals surface area contributed by atoms with Gasteiger partial charge in [0.15, 0.2) is 16.8 Å². The Labute approximate surface area is 241 Å². The number of ether oxygens (including phenoxy) is 2. The van der Waals surface area contributed by atoms with Crippen molar-refractivity contribution in [3.05, 3.63) is 58.5 Å². The van der Waals surface area contributed by atoms with Crippen molar-refractivity contribution in [3.8, 4) is 22.8 Å². The molecule has 1 aliphatic heterocycles. The van der Waals surface area contributed by atoms with Crippen LogP contribution < -0.4 is 14.4 Å². The number of carboxylic acids is 1. The number of aliphatic carboxylic acids is 1. The number of hydrogen-bond donors (Lipinski definition) is 1. The summed E-state index contributed by atoms with van der Waals surface area (Å²) in [6, 6.07) is 7.64. The van der Waals surface area contributed by atoms with Gasteiger partial charge in [0, 0.05) is 30.6 Å². The molecule has 1 N–H and O–H groups in total. The SMILES string of the molecule is COc1cc(OCCCN2CCCC2)ccc1-c1csc(N(C)C(=O)C2(CC(=O)O)Cc3cc(F)c(F)cc3C2)n1. The standard InChI is InChI=1S/C30H33F2N3O5S/c1-34(28(38)30(17-27(36)37)15-19-12-23(31)24(32)13-20(19)16-30)29-33-25(18-41-29)22-7-6-21(14-26(22)39-2)40-11-5-10-35-8-3-4-9-35/h6-7,12-14,18H,3-5,8-11,15-17H2,1-2H3,(H,36,37). The minimum absolute atomic E-state index is 0.000551. The molecule has 1 aromatic heterocycles. The van der Waals surface area contributed by atoms with Gasteiger partial charge in [0.2, 0.25) is 5.91 Å². The Morgan fingerprint density at radius 3 is 2.44 bits per heavy atom. The van der Waals surface area contributed by atoms with Crippen LogP contribution in [0.2, 0.25) is 0 Å². The zero-order valence-corrected chi connectivity index (χ0v) is 23.9. The largest absolute Gasteiger partial charge is 0.496 e. The third-order valence-corrected chi connectivity index (χ3v) is 8.78. The van der Waals surface area contributed by atoms with Gasteiger partial charge in [-0.1, -0.05) is 0 Å². The number of amides is 1. The summed E-state index contributed by atoms with van der Waals surface area (Å²) in [7, 11) is 3.10. The zero-order valence-electron chi connectivity index (χ0n) is 23.1. The topological polar surface area (TPSA) is 92.2 Å². The fourth-order valence-electron chi connectivity index (χ4n) is 5.83. The molecule has 0 bridgehead atoms. The van der Waals surface area contributed by atoms with Crippen LogP contribution in [0.25, 0.3) is 11.3 Å². The monoisotopic (exact) mass is 585 g/mol. The molecule has 0 radical (unpaired) electrons. The van der Waals surface area contributed by atoms with Crippen LogP contribution in [0.4, 0.5) is 13.9 Å². The van der Waals surface area contributed by atoms with E-state index in [0.29, 0.717) is 40.1 Å². The van der Waals surface area contributed by atoms with Crippen LogP contribution in [0, 0.1) is 17.0 Å². The Hall–Kier alpha value is -3.57. The number of methoxy groups -OCH3 is 1. The van der Waals surface area contributed by atoms with E-state index in [0.717, 1.165) is 43.8 Å². The molecule has 1 saturated heterocycles. The molecule has 1 fully saturated rings. The number of halogens is 2. The summed E-state index contributed by atoms with van der Waals surface area (Å²) in [6.45, 7) is 3.95. The summed E-state index contributed by atoms with van der Waals surface area (Å²) in [5, 5.41) is 11.8. The van der Waals surface area contributed by atoms with Crippen molar-refractivity contribution < 1.29 is 33.0 Å². The first-order chi connectivity index (χ1) is 19.7. The minimum Gasteiger partial charge on any atom is -0.496 e. The van der Waals surface area contributed by atoms with Crippen LogP contribution in [0.15, 0.2) is 35.7 Å². The van der Waals surface area contributed by atoms with Gasteiger partial charge in [-0.25, -0.2) is 13.8 Å². The normalized spacial score (nSPS) is 16.0. The van der Waals surface area contributed by atoms with Gasteiger partial charge in [-0.2, -0.15) is 0 Å². The molecule has 1 aliphatic carbocycles. The number of thiazole rings is 1. The van der Waals surface area contributed by atoms with Crippen LogP contribution in [-0.2, 0) is 22.4 Å². The summed E-state index contributed by atoms with van der Waals surface area (Å²) >= 11 is 1.23. The molecule has 0 saturated carbocycles. The molecule has 1 amide bonds. The van der Waals surface area contributed by atoms with Gasteiger partial charge in [-0.15, -0.1) is 11.3 Å². The molecule has 218 valence electrons. The number of hydrogen-bond acceptors (Lipinski definition) is 7. The third kappa shape index (κ3) is 6.20. The van der Waals surface area contributed by atoms with Crippen LogP contribution in [-0.4, -0.2) is 67.3 Å². The lowest BCUT2D eigenvalue weighted by Crippen LogP contribution is -2.44. The van der Waals surface area contributed by atoms with E-state index in [9.17, 15) is 23.5 Å². The molecular weight excluding hydrogens is 552 g/mol. The average Bonchev–Trinajstić information content (AvgIpc) is 3.71. The lowest BCUT2D eigenvalue weighted by molar-refractivity contribution is -0.144. The quantitative estimate of drug-likeness (QED) is 0.310. The highest BCUT2D eigenvalue weighted by atomic mass is 32.1. The van der Waals surface area contributed by atoms with Gasteiger partial charge < -0.3 is 19.5 Å². The van der Waals surface area contributed by atoms with E-state index in [2.05, 4.69) is 9.88 Å². The van der Waals surface area contributed by atoms with Crippen molar-refractivity contribution >= 4 is 28.3 Å². The Kier molecular flexibility index (Phi) is 8.55. The van der Waals surface area contributed by atoms with E-state index in [4.69, 9.17) is 9.47 Å². The van der Waals surface area contributed by atoms with E-state index in [1.165, 1.54) is 36.1 Å². The molecule has 2 aliphatic rings. The molecule has 0 atom stereocenters. The number of carbonyl (C=O) groups excluding carboxylic acids is 1. The van der Waals surface area contributed by atoms with Crippen LogP contribution >= 0.6 is 11.3 Å². The zero-order chi connectivity index (χ0) is 29.1. The van der Waals surface area contributed by atoms with E-state index in [-0.39, 0.29) is 12.8 Å². The summed E-state index contributed by atoms with van der Waals surface area (Å²) < 4.78 is 39.3. The van der Waals surface area contributed by atoms with Crippen molar-refractivity contribution in [2.24, 2.45) is 5.41 Å². The summed E-state index contributed by atoms with van der Waals surface area (Å²) in [5.41, 5.74) is 0.818. The van der Waals surface area contributed by atoms with Crippen LogP contribution in [0.5, 0.6) is 11.5 Å². The second-order valence-electron chi connectivity index (χ2n) is 10.7. The highest BCUT2D eigenvalue weighted by molar-refractivity contribution is 7.14. The number of benzene rings is 2. The highest BCUT2D eigenvalue weighted by Crippen LogP contribution is 2.43. The maximum Gasteiger partial charge on any atom is 0.304 e. The highest BCUT2D eigenvalue weighted by Gasteiger charge is 2.48. The number of carboxylic acid groups (broad SMARTS) is 1. The van der Waals surface area contributed by atoms with Crippen LogP contribution in [0.3, 0.4) is 0 Å². The molecule has 8 nitrogen and oxygen atoms in total. The number of nitrogens with zero attached hydrogens (tertiary/aromatic N) is 3. The molecule has 0 unspecified atom stereocenters. The Morgan fingerprint density at radius 1 is 1.12 bits per heavy atom. The fraction of sp³-hybridized carbons (Fsp3) is 0.433. The number of rotatable bonds is 11. The van der Waals surface area contributed by atoms with Gasteiger partial charge in [0.25, 0.3) is 0 Å². The van der Waals surface area contributed by atoms with E-state index < -0.39 is 35.3 Å². The smallest absolute Gasteiger partial charge is 0.304 e. The van der Waals surface area contributed by atoms with Crippen molar-refractivity contribution in [1.82, 2.24) is 9.88 Å². The Balaban J connectivity index is 1.30. The van der Waals surface area contributed by atoms with Gasteiger partial charge in [-0.3, -0.25) is 14.5 Å². The van der Waals surface area contributed by atoms with E-state index in [1.54, 1.807) is 12.5 Å². The number of carbonyl (C=O) groups is 2. The van der Waals surface area contributed by atoms with Gasteiger partial charge in [0.1, 0.15) is 11.5 Å². The molecule has 2 aromatic carbocycles. The van der Waals surface area contributed by atoms with Crippen molar-refractivity contribution in [1.29, 1.82) is 0 Å². The molecule has 3 aromatic rings. The number of anilines is 1. The first-order valence-corrected chi connectivity index (χ1v) is 14.5. The van der Waals surface area contributed by atoms with Crippen LogP contribution in [0.1, 0.15) is 36.8 Å². The molecule has 11 heteroatoms. The molecular formula is C30H33F2N3O5S. The third-order valence-electron chi connectivity index (χ3n) is 7.86. The van der Waals surface area contributed by atoms with Crippen molar-refractivity contribution in [2.45, 2.75) is 38.5 Å². The first-order valence-electron chi connectivity index (χ1n) is 13.6. The van der Waals surface area contributed by atoms with Gasteiger partial charge in [-0.05, 0) is 80.6 Å². The number of likely N-dealkylation sites (tertiary alicyclic amines) is 1. The fourth-order valence-corrected chi connectivity index (χ4v) is 6.62. The van der Waals surface area contributed by atoms with Gasteiger partial charge >= 0.3 is 5.97 Å². The van der Waals surface area contributed by atoms with E-state index >= 15 is 0 Å². The number of aromatic nitrogens is 1. The lowest BCUT2D eigenvalue weighted by atomic mass is 9.80. The Morgan fingerprint density at radius 2 is 1.80 bits per heavy atom. The first kappa shape index (κ1) is 28.9. The maximum atomic E-state index is 13.9. The summed E-state index contributed by atoms with van der Waals surface area (Å²) in [4.78, 5) is 34.0. The number of fused-ring (bicyclic) bond motifs is 1. The van der Waals surface area contributed by atoms with Crippen molar-refractivity contribution in [3.63, 3.8) is 0 Å².